The van der Waals surface area contributed by atoms with E-state index in [-0.39, 0.29) is 12.1 Å². The first-order valence-corrected chi connectivity index (χ1v) is 11.0. The lowest BCUT2D eigenvalue weighted by atomic mass is 9.89. The number of carbonyl (C=O) groups is 1. The van der Waals surface area contributed by atoms with Crippen LogP contribution in [0.5, 0.6) is 0 Å². The molecular formula is C21H28N4O3S. The van der Waals surface area contributed by atoms with Gasteiger partial charge >= 0.3 is 6.03 Å². The molecule has 3 heterocycles. The van der Waals surface area contributed by atoms with Crippen molar-refractivity contribution in [3.63, 3.8) is 0 Å². The highest BCUT2D eigenvalue weighted by Gasteiger charge is 2.37. The Balaban J connectivity index is 1.28. The van der Waals surface area contributed by atoms with Crippen LogP contribution in [0.4, 0.5) is 4.79 Å². The first-order chi connectivity index (χ1) is 14.0. The molecular weight excluding hydrogens is 388 g/mol. The molecule has 0 aliphatic carbocycles. The summed E-state index contributed by atoms with van der Waals surface area (Å²) in [6.45, 7) is 3.79. The van der Waals surface area contributed by atoms with Crippen molar-refractivity contribution in [2.75, 3.05) is 26.2 Å². The zero-order valence-corrected chi connectivity index (χ0v) is 17.3. The van der Waals surface area contributed by atoms with E-state index < -0.39 is 5.60 Å². The molecule has 0 radical (unpaired) electrons. The topological polar surface area (TPSA) is 88.9 Å². The van der Waals surface area contributed by atoms with Gasteiger partial charge in [-0.3, -0.25) is 4.90 Å². The van der Waals surface area contributed by atoms with Crippen LogP contribution >= 0.6 is 11.3 Å². The Bertz CT molecular complexity index is 820. The molecule has 1 atom stereocenters. The zero-order chi connectivity index (χ0) is 20.3. The quantitative estimate of drug-likeness (QED) is 0.693. The monoisotopic (exact) mass is 416 g/mol. The molecule has 156 valence electrons. The maximum atomic E-state index is 12.4. The number of nitrogens with one attached hydrogen (secondary N) is 1. The largest absolute Gasteiger partial charge is 0.392 e. The number of hydrogen-bond acceptors (Lipinski definition) is 6. The Morgan fingerprint density at radius 2 is 2.00 bits per heavy atom. The number of thiazole rings is 1. The van der Waals surface area contributed by atoms with Crippen molar-refractivity contribution in [1.82, 2.24) is 20.1 Å². The van der Waals surface area contributed by atoms with Crippen molar-refractivity contribution in [3.8, 4) is 0 Å². The van der Waals surface area contributed by atoms with Crippen LogP contribution in [0, 0.1) is 0 Å². The van der Waals surface area contributed by atoms with E-state index in [1.807, 2.05) is 35.7 Å². The summed E-state index contributed by atoms with van der Waals surface area (Å²) in [6.07, 6.45) is 1.54. The number of piperidine rings is 1. The van der Waals surface area contributed by atoms with Crippen LogP contribution in [-0.4, -0.2) is 63.3 Å². The molecule has 2 aliphatic heterocycles. The maximum absolute atomic E-state index is 12.4. The van der Waals surface area contributed by atoms with Gasteiger partial charge < -0.3 is 20.4 Å². The Kier molecular flexibility index (Phi) is 6.15. The van der Waals surface area contributed by atoms with Crippen LogP contribution in [-0.2, 0) is 18.7 Å². The number of benzene rings is 1. The van der Waals surface area contributed by atoms with E-state index in [0.717, 1.165) is 23.5 Å². The molecule has 2 amide bonds. The van der Waals surface area contributed by atoms with Gasteiger partial charge in [-0.25, -0.2) is 9.78 Å². The van der Waals surface area contributed by atoms with Crippen molar-refractivity contribution in [3.05, 3.63) is 52.0 Å². The van der Waals surface area contributed by atoms with Gasteiger partial charge in [-0.15, -0.1) is 11.3 Å². The number of urea groups is 1. The van der Waals surface area contributed by atoms with Crippen LogP contribution in [0.25, 0.3) is 0 Å². The molecule has 2 aromatic rings. The van der Waals surface area contributed by atoms with E-state index in [2.05, 4.69) is 15.2 Å². The normalized spacial score (nSPS) is 22.0. The minimum Gasteiger partial charge on any atom is -0.392 e. The number of likely N-dealkylation sites (tertiary alicyclic amines) is 2. The predicted octanol–water partition coefficient (Wildman–Crippen LogP) is 1.90. The van der Waals surface area contributed by atoms with E-state index in [4.69, 9.17) is 0 Å². The van der Waals surface area contributed by atoms with Gasteiger partial charge in [-0.2, -0.15) is 0 Å². The third kappa shape index (κ3) is 4.95. The molecule has 8 heteroatoms. The predicted molar refractivity (Wildman–Crippen MR) is 111 cm³/mol. The maximum Gasteiger partial charge on any atom is 0.317 e. The third-order valence-corrected chi connectivity index (χ3v) is 6.63. The standard InChI is InChI=1S/C21H28N4O3S/c26-17-6-9-24(13-17)14-19-23-18(15-29-19)21(28)7-10-25(11-8-21)20(27)22-12-16-4-2-1-3-5-16/h1-5,15,17,26,28H,6-14H2,(H,22,27). The van der Waals surface area contributed by atoms with Gasteiger partial charge in [0, 0.05) is 38.1 Å². The minimum atomic E-state index is -0.977. The fraction of sp³-hybridized carbons (Fsp3) is 0.524. The Hall–Kier alpha value is -2.00. The highest BCUT2D eigenvalue weighted by molar-refractivity contribution is 7.09. The second-order valence-electron chi connectivity index (χ2n) is 7.97. The van der Waals surface area contributed by atoms with Gasteiger partial charge in [0.05, 0.1) is 18.3 Å². The van der Waals surface area contributed by atoms with Crippen LogP contribution in [0.3, 0.4) is 0 Å². The Labute approximate surface area is 175 Å². The summed E-state index contributed by atoms with van der Waals surface area (Å²) < 4.78 is 0. The molecule has 1 aromatic carbocycles. The summed E-state index contributed by atoms with van der Waals surface area (Å²) in [4.78, 5) is 21.1. The van der Waals surface area contributed by atoms with E-state index in [1.54, 1.807) is 16.2 Å². The lowest BCUT2D eigenvalue weighted by Crippen LogP contribution is -2.48. The van der Waals surface area contributed by atoms with Crippen LogP contribution in [0.15, 0.2) is 35.7 Å². The van der Waals surface area contributed by atoms with Gasteiger partial charge in [-0.1, -0.05) is 30.3 Å². The molecule has 29 heavy (non-hydrogen) atoms. The third-order valence-electron chi connectivity index (χ3n) is 5.80. The first kappa shape index (κ1) is 20.3. The number of β-amino-alcohol motifs (C(OH)–C–C–N with tert-alkyl or cyclic N) is 1. The molecule has 2 aliphatic rings. The Morgan fingerprint density at radius 3 is 2.69 bits per heavy atom. The molecule has 7 nitrogen and oxygen atoms in total. The van der Waals surface area contributed by atoms with Crippen LogP contribution in [0.1, 0.15) is 35.5 Å². The number of hydrogen-bond donors (Lipinski definition) is 3. The van der Waals surface area contributed by atoms with E-state index in [1.165, 1.54) is 0 Å². The van der Waals surface area contributed by atoms with Gasteiger partial charge in [0.1, 0.15) is 10.6 Å². The molecule has 0 spiro atoms. The summed E-state index contributed by atoms with van der Waals surface area (Å²) in [6, 6.07) is 9.74. The summed E-state index contributed by atoms with van der Waals surface area (Å²) in [7, 11) is 0. The highest BCUT2D eigenvalue weighted by atomic mass is 32.1. The number of nitrogens with zero attached hydrogens (tertiary/aromatic N) is 3. The summed E-state index contributed by atoms with van der Waals surface area (Å²) in [5.41, 5.74) is 0.798. The van der Waals surface area contributed by atoms with Gasteiger partial charge in [-0.05, 0) is 24.8 Å². The number of aliphatic hydroxyl groups excluding tert-OH is 1. The van der Waals surface area contributed by atoms with Crippen molar-refractivity contribution in [1.29, 1.82) is 0 Å². The molecule has 0 bridgehead atoms. The van der Waals surface area contributed by atoms with Gasteiger partial charge in [0.2, 0.25) is 0 Å². The lowest BCUT2D eigenvalue weighted by molar-refractivity contribution is -0.0200. The number of rotatable bonds is 5. The van der Waals surface area contributed by atoms with E-state index in [9.17, 15) is 15.0 Å². The van der Waals surface area contributed by atoms with Crippen molar-refractivity contribution >= 4 is 17.4 Å². The summed E-state index contributed by atoms with van der Waals surface area (Å²) in [5, 5.41) is 26.6. The number of carbonyl (C=O) groups excluding carboxylic acids is 1. The highest BCUT2D eigenvalue weighted by Crippen LogP contribution is 2.33. The lowest BCUT2D eigenvalue weighted by Gasteiger charge is -2.37. The molecule has 2 fully saturated rings. The molecule has 0 saturated carbocycles. The molecule has 2 saturated heterocycles. The zero-order valence-electron chi connectivity index (χ0n) is 16.5. The average Bonchev–Trinajstić information content (AvgIpc) is 3.37. The summed E-state index contributed by atoms with van der Waals surface area (Å²) >= 11 is 1.56. The van der Waals surface area contributed by atoms with E-state index in [0.29, 0.717) is 51.3 Å². The van der Waals surface area contributed by atoms with Crippen molar-refractivity contribution < 1.29 is 15.0 Å². The second kappa shape index (κ2) is 8.79. The first-order valence-electron chi connectivity index (χ1n) is 10.2. The fourth-order valence-corrected chi connectivity index (χ4v) is 4.89. The second-order valence-corrected chi connectivity index (χ2v) is 8.91. The number of amides is 2. The minimum absolute atomic E-state index is 0.0949. The molecule has 3 N–H and O–H groups in total. The smallest absolute Gasteiger partial charge is 0.317 e. The van der Waals surface area contributed by atoms with Gasteiger partial charge in [0.25, 0.3) is 0 Å². The Morgan fingerprint density at radius 1 is 1.24 bits per heavy atom. The number of aliphatic hydroxyl groups is 2. The van der Waals surface area contributed by atoms with Crippen LogP contribution < -0.4 is 5.32 Å². The van der Waals surface area contributed by atoms with E-state index >= 15 is 0 Å². The fourth-order valence-electron chi connectivity index (χ4n) is 3.97. The SMILES string of the molecule is O=C(NCc1ccccc1)N1CCC(O)(c2csc(CN3CCC(O)C3)n2)CC1. The average molecular weight is 417 g/mol. The molecule has 4 rings (SSSR count). The molecule has 1 aromatic heterocycles. The summed E-state index contributed by atoms with van der Waals surface area (Å²) in [5.74, 6) is 0. The number of aromatic nitrogens is 1. The van der Waals surface area contributed by atoms with Crippen LogP contribution in [0.2, 0.25) is 0 Å². The molecule has 1 unspecified atom stereocenters. The van der Waals surface area contributed by atoms with Crippen molar-refractivity contribution in [2.45, 2.75) is 44.1 Å². The van der Waals surface area contributed by atoms with Crippen molar-refractivity contribution in [2.24, 2.45) is 0 Å². The van der Waals surface area contributed by atoms with Gasteiger partial charge in [0.15, 0.2) is 0 Å².